The molecule has 2 unspecified atom stereocenters. The number of ether oxygens (including phenoxy) is 1. The van der Waals surface area contributed by atoms with Crippen LogP contribution in [0.25, 0.3) is 0 Å². The summed E-state index contributed by atoms with van der Waals surface area (Å²) in [6.07, 6.45) is 2.50. The number of carbonyl (C=O) groups excluding carboxylic acids is 1. The third-order valence-electron chi connectivity index (χ3n) is 5.08. The molecule has 1 aromatic carbocycles. The minimum atomic E-state index is -0.478. The van der Waals surface area contributed by atoms with Gasteiger partial charge in [0.2, 0.25) is 0 Å². The lowest BCUT2D eigenvalue weighted by Gasteiger charge is -2.42. The molecule has 26 heavy (non-hydrogen) atoms. The predicted molar refractivity (Wildman–Crippen MR) is 101 cm³/mol. The van der Waals surface area contributed by atoms with E-state index in [1.165, 1.54) is 0 Å². The van der Waals surface area contributed by atoms with Crippen molar-refractivity contribution in [2.45, 2.75) is 57.7 Å². The van der Waals surface area contributed by atoms with Crippen molar-refractivity contribution in [2.75, 3.05) is 24.5 Å². The van der Waals surface area contributed by atoms with Crippen LogP contribution < -0.4 is 10.6 Å². The Hall–Kier alpha value is -2.26. The molecule has 2 saturated heterocycles. The fraction of sp³-hybridized carbons (Fsp3) is 0.600. The van der Waals surface area contributed by atoms with E-state index in [0.717, 1.165) is 37.2 Å². The van der Waals surface area contributed by atoms with Gasteiger partial charge in [-0.3, -0.25) is 4.90 Å². The molecule has 0 aliphatic carbocycles. The molecule has 0 aromatic heterocycles. The van der Waals surface area contributed by atoms with Gasteiger partial charge >= 0.3 is 6.09 Å². The van der Waals surface area contributed by atoms with Crippen LogP contribution in [0.3, 0.4) is 0 Å². The van der Waals surface area contributed by atoms with Crippen LogP contribution in [0, 0.1) is 11.3 Å². The molecule has 3 rings (SSSR count). The Kier molecular flexibility index (Phi) is 5.10. The number of amides is 1. The predicted octanol–water partition coefficient (Wildman–Crippen LogP) is 2.65. The number of carbonyl (C=O) groups is 1. The number of rotatable bonds is 3. The largest absolute Gasteiger partial charge is 0.444 e. The first-order valence-corrected chi connectivity index (χ1v) is 9.31. The number of piperazine rings is 1. The van der Waals surface area contributed by atoms with E-state index in [1.54, 1.807) is 0 Å². The zero-order chi connectivity index (χ0) is 18.9. The molecule has 2 fully saturated rings. The molecule has 2 atom stereocenters. The minimum Gasteiger partial charge on any atom is -0.444 e. The van der Waals surface area contributed by atoms with Crippen LogP contribution >= 0.6 is 0 Å². The second-order valence-corrected chi connectivity index (χ2v) is 8.17. The molecule has 2 aliphatic heterocycles. The van der Waals surface area contributed by atoms with Crippen molar-refractivity contribution >= 4 is 11.8 Å². The van der Waals surface area contributed by atoms with Crippen LogP contribution in [-0.2, 0) is 11.2 Å². The third-order valence-corrected chi connectivity index (χ3v) is 5.08. The number of hydrogen-bond donors (Lipinski definition) is 1. The SMILES string of the molecule is CC(C)(C)OC(=O)N1C2CCC1CN(c1ccc(CCN)c(C#N)c1)C2. The lowest BCUT2D eigenvalue weighted by molar-refractivity contribution is 0.0123. The van der Waals surface area contributed by atoms with Crippen LogP contribution in [0.5, 0.6) is 0 Å². The highest BCUT2D eigenvalue weighted by Gasteiger charge is 2.44. The topological polar surface area (TPSA) is 82.6 Å². The average molecular weight is 356 g/mol. The van der Waals surface area contributed by atoms with Crippen LogP contribution in [0.4, 0.5) is 10.5 Å². The van der Waals surface area contributed by atoms with Crippen molar-refractivity contribution in [3.63, 3.8) is 0 Å². The summed E-state index contributed by atoms with van der Waals surface area (Å²) in [6.45, 7) is 7.78. The zero-order valence-electron chi connectivity index (χ0n) is 15.9. The van der Waals surface area contributed by atoms with E-state index in [9.17, 15) is 10.1 Å². The highest BCUT2D eigenvalue weighted by atomic mass is 16.6. The summed E-state index contributed by atoms with van der Waals surface area (Å²) in [7, 11) is 0. The first kappa shape index (κ1) is 18.5. The highest BCUT2D eigenvalue weighted by molar-refractivity contribution is 5.70. The van der Waals surface area contributed by atoms with Crippen molar-refractivity contribution < 1.29 is 9.53 Å². The number of nitriles is 1. The zero-order valence-corrected chi connectivity index (χ0v) is 15.9. The molecule has 6 nitrogen and oxygen atoms in total. The van der Waals surface area contributed by atoms with Crippen molar-refractivity contribution in [1.29, 1.82) is 5.26 Å². The number of fused-ring (bicyclic) bond motifs is 2. The molecule has 6 heteroatoms. The summed E-state index contributed by atoms with van der Waals surface area (Å²) in [4.78, 5) is 16.8. The minimum absolute atomic E-state index is 0.165. The standard InChI is InChI=1S/C20H28N4O2/c1-20(2,3)26-19(25)24-17-6-7-18(24)13-23(12-17)16-5-4-14(8-9-21)15(10-16)11-22/h4-5,10,17-18H,6-9,12-13,21H2,1-3H3. The van der Waals surface area contributed by atoms with E-state index < -0.39 is 5.60 Å². The maximum Gasteiger partial charge on any atom is 0.410 e. The average Bonchev–Trinajstić information content (AvgIpc) is 2.84. The monoisotopic (exact) mass is 356 g/mol. The normalized spacial score (nSPS) is 22.3. The van der Waals surface area contributed by atoms with Gasteiger partial charge in [-0.25, -0.2) is 4.79 Å². The van der Waals surface area contributed by atoms with Gasteiger partial charge in [-0.1, -0.05) is 6.07 Å². The molecule has 2 N–H and O–H groups in total. The van der Waals surface area contributed by atoms with E-state index in [2.05, 4.69) is 17.0 Å². The molecule has 0 radical (unpaired) electrons. The Morgan fingerprint density at radius 1 is 1.31 bits per heavy atom. The van der Waals surface area contributed by atoms with Gasteiger partial charge in [-0.2, -0.15) is 5.26 Å². The van der Waals surface area contributed by atoms with Crippen LogP contribution in [0.15, 0.2) is 18.2 Å². The van der Waals surface area contributed by atoms with Crippen LogP contribution in [0.1, 0.15) is 44.7 Å². The summed E-state index contributed by atoms with van der Waals surface area (Å²) in [5.41, 5.74) is 7.88. The summed E-state index contributed by atoms with van der Waals surface area (Å²) in [6, 6.07) is 8.63. The van der Waals surface area contributed by atoms with Gasteiger partial charge in [0, 0.05) is 18.8 Å². The molecule has 2 bridgehead atoms. The Bertz CT molecular complexity index is 706. The van der Waals surface area contributed by atoms with E-state index in [0.29, 0.717) is 18.5 Å². The second-order valence-electron chi connectivity index (χ2n) is 8.17. The van der Waals surface area contributed by atoms with Gasteiger partial charge in [0.1, 0.15) is 5.60 Å². The molecule has 2 aliphatic rings. The summed E-state index contributed by atoms with van der Waals surface area (Å²) < 4.78 is 5.59. The number of nitrogens with zero attached hydrogens (tertiary/aromatic N) is 3. The summed E-state index contributed by atoms with van der Waals surface area (Å²) in [5, 5.41) is 9.43. The quantitative estimate of drug-likeness (QED) is 0.900. The van der Waals surface area contributed by atoms with Gasteiger partial charge < -0.3 is 15.4 Å². The maximum absolute atomic E-state index is 12.6. The van der Waals surface area contributed by atoms with E-state index in [1.807, 2.05) is 37.8 Å². The van der Waals surface area contributed by atoms with E-state index >= 15 is 0 Å². The van der Waals surface area contributed by atoms with Crippen molar-refractivity contribution in [1.82, 2.24) is 4.90 Å². The number of nitrogens with two attached hydrogens (primary N) is 1. The number of hydrogen-bond acceptors (Lipinski definition) is 5. The van der Waals surface area contributed by atoms with E-state index in [4.69, 9.17) is 10.5 Å². The Morgan fingerprint density at radius 3 is 2.50 bits per heavy atom. The first-order valence-electron chi connectivity index (χ1n) is 9.31. The molecule has 1 amide bonds. The fourth-order valence-electron chi connectivity index (χ4n) is 3.97. The van der Waals surface area contributed by atoms with E-state index in [-0.39, 0.29) is 18.2 Å². The van der Waals surface area contributed by atoms with Crippen molar-refractivity contribution in [2.24, 2.45) is 5.73 Å². The van der Waals surface area contributed by atoms with Crippen LogP contribution in [0.2, 0.25) is 0 Å². The Balaban J connectivity index is 1.75. The molecule has 0 spiro atoms. The Morgan fingerprint density at radius 2 is 1.96 bits per heavy atom. The Labute approximate surface area is 155 Å². The number of benzene rings is 1. The van der Waals surface area contributed by atoms with Gasteiger partial charge in [0.25, 0.3) is 0 Å². The molecule has 1 aromatic rings. The lowest BCUT2D eigenvalue weighted by Crippen LogP contribution is -2.56. The fourth-order valence-corrected chi connectivity index (χ4v) is 3.97. The van der Waals surface area contributed by atoms with Crippen molar-refractivity contribution in [3.05, 3.63) is 29.3 Å². The van der Waals surface area contributed by atoms with Gasteiger partial charge in [-0.05, 0) is 64.3 Å². The van der Waals surface area contributed by atoms with Gasteiger partial charge in [0.05, 0.1) is 23.7 Å². The highest BCUT2D eigenvalue weighted by Crippen LogP contribution is 2.34. The molecule has 0 saturated carbocycles. The molecular weight excluding hydrogens is 328 g/mol. The third kappa shape index (κ3) is 3.78. The smallest absolute Gasteiger partial charge is 0.410 e. The first-order chi connectivity index (χ1) is 12.3. The maximum atomic E-state index is 12.6. The molecular formula is C20H28N4O2. The second kappa shape index (κ2) is 7.16. The van der Waals surface area contributed by atoms with Crippen LogP contribution in [-0.4, -0.2) is 48.3 Å². The van der Waals surface area contributed by atoms with Gasteiger partial charge in [0.15, 0.2) is 0 Å². The number of anilines is 1. The van der Waals surface area contributed by atoms with Gasteiger partial charge in [-0.15, -0.1) is 0 Å². The molecule has 140 valence electrons. The summed E-state index contributed by atoms with van der Waals surface area (Å²) in [5.74, 6) is 0. The van der Waals surface area contributed by atoms with Crippen molar-refractivity contribution in [3.8, 4) is 6.07 Å². The molecule has 2 heterocycles. The lowest BCUT2D eigenvalue weighted by atomic mass is 10.0. The summed E-state index contributed by atoms with van der Waals surface area (Å²) >= 11 is 0.